The molecule has 4 rings (SSSR count). The zero-order chi connectivity index (χ0) is 21.1. The Labute approximate surface area is 177 Å². The summed E-state index contributed by atoms with van der Waals surface area (Å²) in [5.41, 5.74) is 1.90. The molecule has 1 aliphatic rings. The average molecular weight is 430 g/mol. The zero-order valence-electron chi connectivity index (χ0n) is 16.3. The van der Waals surface area contributed by atoms with Crippen molar-refractivity contribution in [3.05, 3.63) is 60.2 Å². The van der Waals surface area contributed by atoms with Crippen LogP contribution in [0.15, 0.2) is 48.5 Å². The van der Waals surface area contributed by atoms with Crippen molar-refractivity contribution in [2.45, 2.75) is 0 Å². The summed E-state index contributed by atoms with van der Waals surface area (Å²) >= 11 is 0.955. The molecule has 1 saturated heterocycles. The third kappa shape index (κ3) is 4.40. The van der Waals surface area contributed by atoms with E-state index in [9.17, 15) is 13.6 Å². The summed E-state index contributed by atoms with van der Waals surface area (Å²) in [6.45, 7) is 1.91. The minimum atomic E-state index is -0.610. The minimum absolute atomic E-state index is 0.143. The number of hydrogen-bond donors (Lipinski definition) is 1. The molecule has 0 spiro atoms. The molecule has 156 valence electrons. The van der Waals surface area contributed by atoms with Gasteiger partial charge in [-0.2, -0.15) is 0 Å². The Kier molecular flexibility index (Phi) is 5.89. The third-order valence-electron chi connectivity index (χ3n) is 4.88. The normalized spacial score (nSPS) is 14.1. The number of aromatic nitrogens is 1. The van der Waals surface area contributed by atoms with E-state index in [1.54, 1.807) is 4.90 Å². The largest absolute Gasteiger partial charge is 0.479 e. The monoisotopic (exact) mass is 430 g/mol. The van der Waals surface area contributed by atoms with Gasteiger partial charge in [-0.05, 0) is 24.3 Å². The third-order valence-corrected chi connectivity index (χ3v) is 5.64. The molecular formula is C21H20F2N4O2S. The fourth-order valence-electron chi connectivity index (χ4n) is 3.36. The van der Waals surface area contributed by atoms with E-state index in [1.165, 1.54) is 19.2 Å². The lowest BCUT2D eigenvalue weighted by Gasteiger charge is -2.35. The molecule has 0 radical (unpaired) electrons. The summed E-state index contributed by atoms with van der Waals surface area (Å²) in [6.07, 6.45) is 0. The number of hydrogen-bond acceptors (Lipinski definition) is 6. The van der Waals surface area contributed by atoms with E-state index >= 15 is 0 Å². The number of carbonyl (C=O) groups excluding carboxylic acids is 1. The Morgan fingerprint density at radius 2 is 1.77 bits per heavy atom. The Hall–Kier alpha value is -3.07. The molecule has 0 bridgehead atoms. The number of para-hydroxylation sites is 1. The van der Waals surface area contributed by atoms with Gasteiger partial charge in [0, 0.05) is 55.3 Å². The van der Waals surface area contributed by atoms with Gasteiger partial charge in [0.05, 0.1) is 12.6 Å². The molecule has 9 heteroatoms. The number of rotatable bonds is 4. The molecule has 0 atom stereocenters. The van der Waals surface area contributed by atoms with Crippen LogP contribution >= 0.6 is 11.9 Å². The highest BCUT2D eigenvalue weighted by Gasteiger charge is 2.23. The predicted molar refractivity (Wildman–Crippen MR) is 115 cm³/mol. The molecule has 1 amide bonds. The first-order valence-corrected chi connectivity index (χ1v) is 10.2. The quantitative estimate of drug-likeness (QED) is 0.614. The van der Waals surface area contributed by atoms with Gasteiger partial charge in [-0.25, -0.2) is 13.8 Å². The highest BCUT2D eigenvalue weighted by molar-refractivity contribution is 8.14. The van der Waals surface area contributed by atoms with Crippen molar-refractivity contribution in [3.63, 3.8) is 0 Å². The molecule has 1 aliphatic heterocycles. The van der Waals surface area contributed by atoms with Crippen LogP contribution in [0.4, 0.5) is 25.0 Å². The molecule has 30 heavy (non-hydrogen) atoms. The lowest BCUT2D eigenvalue weighted by Crippen LogP contribution is -2.48. The number of methoxy groups -OCH3 is 1. The van der Waals surface area contributed by atoms with Crippen LogP contribution in [-0.2, 0) is 0 Å². The smallest absolute Gasteiger partial charge is 0.302 e. The molecule has 0 unspecified atom stereocenters. The average Bonchev–Trinajstić information content (AvgIpc) is 2.76. The van der Waals surface area contributed by atoms with Gasteiger partial charge in [-0.1, -0.05) is 18.2 Å². The highest BCUT2D eigenvalue weighted by Crippen LogP contribution is 2.29. The van der Waals surface area contributed by atoms with Crippen LogP contribution in [0.1, 0.15) is 0 Å². The van der Waals surface area contributed by atoms with Crippen molar-refractivity contribution in [1.82, 2.24) is 9.88 Å². The van der Waals surface area contributed by atoms with Gasteiger partial charge in [0.1, 0.15) is 17.3 Å². The van der Waals surface area contributed by atoms with E-state index in [0.29, 0.717) is 43.4 Å². The van der Waals surface area contributed by atoms with E-state index < -0.39 is 11.6 Å². The second-order valence-electron chi connectivity index (χ2n) is 6.81. The first-order chi connectivity index (χ1) is 14.5. The van der Waals surface area contributed by atoms with Crippen LogP contribution in [0.3, 0.4) is 0 Å². The van der Waals surface area contributed by atoms with E-state index in [2.05, 4.69) is 9.71 Å². The summed E-state index contributed by atoms with van der Waals surface area (Å²) < 4.78 is 35.3. The fraction of sp³-hybridized carbons (Fsp3) is 0.238. The van der Waals surface area contributed by atoms with Gasteiger partial charge in [0.15, 0.2) is 0 Å². The highest BCUT2D eigenvalue weighted by atomic mass is 32.2. The molecule has 3 aromatic rings. The summed E-state index contributed by atoms with van der Waals surface area (Å²) in [5.74, 6) is -0.811. The number of piperazine rings is 1. The molecule has 2 aromatic carbocycles. The molecule has 0 saturated carbocycles. The van der Waals surface area contributed by atoms with Crippen molar-refractivity contribution in [2.24, 2.45) is 0 Å². The summed E-state index contributed by atoms with van der Waals surface area (Å²) in [5, 5.41) is 0.792. The van der Waals surface area contributed by atoms with E-state index in [1.807, 2.05) is 35.2 Å². The molecule has 6 nitrogen and oxygen atoms in total. The first kappa shape index (κ1) is 20.2. The maximum absolute atomic E-state index is 13.5. The number of anilines is 2. The summed E-state index contributed by atoms with van der Waals surface area (Å²) in [4.78, 5) is 20.6. The Balaban J connectivity index is 1.37. The van der Waals surface area contributed by atoms with Crippen molar-refractivity contribution < 1.29 is 18.3 Å². The molecular weight excluding hydrogens is 410 g/mol. The van der Waals surface area contributed by atoms with E-state index in [0.717, 1.165) is 28.9 Å². The SMILES string of the molecule is COc1nc2ccccc2cc1NSC(=O)N1CCN(c2cc(F)cc(F)c2)CC1. The Bertz CT molecular complexity index is 1050. The molecule has 1 N–H and O–H groups in total. The summed E-state index contributed by atoms with van der Waals surface area (Å²) in [6, 6.07) is 13.0. The maximum Gasteiger partial charge on any atom is 0.302 e. The van der Waals surface area contributed by atoms with Gasteiger partial charge in [-0.3, -0.25) is 4.79 Å². The van der Waals surface area contributed by atoms with Crippen LogP contribution in [0.25, 0.3) is 10.9 Å². The second-order valence-corrected chi connectivity index (χ2v) is 7.57. The number of amides is 1. The zero-order valence-corrected chi connectivity index (χ0v) is 17.1. The predicted octanol–water partition coefficient (Wildman–Crippen LogP) is 4.52. The van der Waals surface area contributed by atoms with Gasteiger partial charge in [0.25, 0.3) is 0 Å². The fourth-order valence-corrected chi connectivity index (χ4v) is 4.01. The Morgan fingerprint density at radius 1 is 1.07 bits per heavy atom. The molecule has 2 heterocycles. The number of nitrogens with zero attached hydrogens (tertiary/aromatic N) is 3. The molecule has 1 aromatic heterocycles. The lowest BCUT2D eigenvalue weighted by atomic mass is 10.2. The number of pyridine rings is 1. The number of benzene rings is 2. The lowest BCUT2D eigenvalue weighted by molar-refractivity contribution is 0.219. The number of ether oxygens (including phenoxy) is 1. The van der Waals surface area contributed by atoms with Crippen LogP contribution in [-0.4, -0.2) is 48.4 Å². The number of fused-ring (bicyclic) bond motifs is 1. The van der Waals surface area contributed by atoms with Crippen LogP contribution in [0.2, 0.25) is 0 Å². The molecule has 1 fully saturated rings. The first-order valence-electron chi connectivity index (χ1n) is 9.40. The van der Waals surface area contributed by atoms with Gasteiger partial charge in [-0.15, -0.1) is 0 Å². The topological polar surface area (TPSA) is 57.7 Å². The van der Waals surface area contributed by atoms with Crippen molar-refractivity contribution in [1.29, 1.82) is 0 Å². The number of carbonyl (C=O) groups is 1. The van der Waals surface area contributed by atoms with Crippen LogP contribution in [0.5, 0.6) is 5.88 Å². The van der Waals surface area contributed by atoms with Crippen LogP contribution in [0, 0.1) is 11.6 Å². The Morgan fingerprint density at radius 3 is 2.47 bits per heavy atom. The van der Waals surface area contributed by atoms with E-state index in [-0.39, 0.29) is 5.24 Å². The van der Waals surface area contributed by atoms with Crippen molar-refractivity contribution >= 4 is 39.5 Å². The maximum atomic E-state index is 13.5. The van der Waals surface area contributed by atoms with Gasteiger partial charge in [0.2, 0.25) is 5.88 Å². The van der Waals surface area contributed by atoms with Crippen molar-refractivity contribution in [3.8, 4) is 5.88 Å². The standard InChI is InChI=1S/C21H20F2N4O2S/c1-29-20-19(10-14-4-2-3-5-18(14)24-20)25-30-21(28)27-8-6-26(7-9-27)17-12-15(22)11-16(23)13-17/h2-5,10-13,25H,6-9H2,1H3. The van der Waals surface area contributed by atoms with Crippen molar-refractivity contribution in [2.75, 3.05) is 42.9 Å². The van der Waals surface area contributed by atoms with E-state index in [4.69, 9.17) is 4.74 Å². The summed E-state index contributed by atoms with van der Waals surface area (Å²) in [7, 11) is 1.53. The minimum Gasteiger partial charge on any atom is -0.479 e. The number of nitrogens with one attached hydrogen (secondary N) is 1. The van der Waals surface area contributed by atoms with Crippen LogP contribution < -0.4 is 14.4 Å². The molecule has 0 aliphatic carbocycles. The van der Waals surface area contributed by atoms with Gasteiger partial charge >= 0.3 is 5.24 Å². The van der Waals surface area contributed by atoms with Gasteiger partial charge < -0.3 is 19.3 Å². The number of halogens is 2. The second kappa shape index (κ2) is 8.74.